The molecule has 0 aliphatic carbocycles. The van der Waals surface area contributed by atoms with Crippen LogP contribution in [0, 0.1) is 6.92 Å². The Morgan fingerprint density at radius 2 is 0.945 bits per heavy atom. The molecule has 3 heterocycles. The zero-order valence-corrected chi connectivity index (χ0v) is 27.8. The minimum Gasteiger partial charge on any atom is -0.309 e. The van der Waals surface area contributed by atoms with Gasteiger partial charge in [-0.3, -0.25) is 0 Å². The van der Waals surface area contributed by atoms with Crippen molar-refractivity contribution in [3.05, 3.63) is 193 Å². The molecule has 0 radical (unpaired) electrons. The van der Waals surface area contributed by atoms with Crippen molar-refractivity contribution < 1.29 is 42.5 Å². The standard InChI is InChI=1S/C51H34N4/c1-33-23-28-40-43(31-33)52-51(53-50(40)36-26-24-35(25-27-36)34-13-4-2-5-14-34)37-15-12-18-39(32-37)55-45-22-11-9-20-42(45)49-47(55)30-29-46-48(49)41-19-8-10-21-44(41)54(46)38-16-6-3-7-17-38/h2-32H,1H3/i2D,3D,4D,5D,6D,7D,8D,9D,10D,11D,12D,13D,14D,15D,16D,17D,18D,19D,20D,21D,22D,23D,24D,25D,26D,27D,28D,29D,30D,31D,32D. The van der Waals surface area contributed by atoms with E-state index in [1.165, 1.54) is 6.92 Å². The molecule has 4 nitrogen and oxygen atoms in total. The summed E-state index contributed by atoms with van der Waals surface area (Å²) in [6.45, 7) is 1.27. The fourth-order valence-corrected chi connectivity index (χ4v) is 6.45. The van der Waals surface area contributed by atoms with Crippen LogP contribution in [-0.4, -0.2) is 19.1 Å². The number of para-hydroxylation sites is 3. The van der Waals surface area contributed by atoms with Crippen LogP contribution in [0.2, 0.25) is 0 Å². The summed E-state index contributed by atoms with van der Waals surface area (Å²) >= 11 is 0. The average molecular weight is 734 g/mol. The molecule has 258 valence electrons. The molecule has 4 heteroatoms. The number of benzene rings is 8. The largest absolute Gasteiger partial charge is 0.309 e. The van der Waals surface area contributed by atoms with Crippen LogP contribution in [0.15, 0.2) is 187 Å². The SMILES string of the molecule is [2H]c1c([2H])c([2H])c(-c2c([2H])c([2H])c(-c3nc(-c4c([2H])c([2H])c([2H])c(-n5c6c([2H])c([2H])c([2H])c([2H])c6c6c7c8c([2H])c([2H])c([2H])c([2H])c8n(-c8c([2H])c([2H])c([2H])c([2H])c8[2H])c7c([2H])c([2H])c65)c4[2H])nc4c([2H])c(C)c([2H])c([2H])c34)c([2H])c2[2H])c([2H])c1[2H]. The van der Waals surface area contributed by atoms with Gasteiger partial charge in [-0.15, -0.1) is 0 Å². The van der Waals surface area contributed by atoms with Crippen molar-refractivity contribution >= 4 is 54.5 Å². The van der Waals surface area contributed by atoms with Gasteiger partial charge in [0.25, 0.3) is 0 Å². The van der Waals surface area contributed by atoms with Crippen molar-refractivity contribution in [2.75, 3.05) is 0 Å². The molecule has 0 amide bonds. The van der Waals surface area contributed by atoms with E-state index < -0.39 is 287 Å². The number of hydrogen-bond donors (Lipinski definition) is 0. The van der Waals surface area contributed by atoms with E-state index >= 15 is 0 Å². The van der Waals surface area contributed by atoms with Crippen LogP contribution in [0.4, 0.5) is 0 Å². The second kappa shape index (κ2) is 12.4. The summed E-state index contributed by atoms with van der Waals surface area (Å²) in [4.78, 5) is 8.97. The summed E-state index contributed by atoms with van der Waals surface area (Å²) in [6.07, 6.45) is 0. The van der Waals surface area contributed by atoms with Gasteiger partial charge in [0, 0.05) is 49.4 Å². The number of nitrogens with zero attached hydrogens (tertiary/aromatic N) is 4. The molecule has 0 atom stereocenters. The van der Waals surface area contributed by atoms with Gasteiger partial charge in [-0.2, -0.15) is 0 Å². The van der Waals surface area contributed by atoms with Gasteiger partial charge in [0.2, 0.25) is 0 Å². The van der Waals surface area contributed by atoms with E-state index in [2.05, 4.69) is 9.97 Å². The van der Waals surface area contributed by atoms with Gasteiger partial charge in [0.15, 0.2) is 5.82 Å². The molecular formula is C51H34N4. The van der Waals surface area contributed by atoms with Crippen molar-refractivity contribution in [3.8, 4) is 45.1 Å². The highest BCUT2D eigenvalue weighted by molar-refractivity contribution is 6.28. The Kier molecular flexibility index (Phi) is 2.98. The number of aromatic nitrogens is 4. The molecule has 3 aromatic heterocycles. The lowest BCUT2D eigenvalue weighted by Crippen LogP contribution is -1.98. The second-order valence-corrected chi connectivity index (χ2v) is 11.9. The molecule has 0 saturated carbocycles. The Hall–Kier alpha value is -7.30. The lowest BCUT2D eigenvalue weighted by atomic mass is 10.0. The lowest BCUT2D eigenvalue weighted by molar-refractivity contribution is 1.17. The lowest BCUT2D eigenvalue weighted by Gasteiger charge is -2.13. The summed E-state index contributed by atoms with van der Waals surface area (Å²) in [7, 11) is 0. The van der Waals surface area contributed by atoms with Crippen LogP contribution < -0.4 is 0 Å². The zero-order chi connectivity index (χ0) is 63.4. The third-order valence-electron chi connectivity index (χ3n) is 8.72. The Bertz CT molecular complexity index is 5000. The van der Waals surface area contributed by atoms with Crippen LogP contribution >= 0.6 is 0 Å². The Morgan fingerprint density at radius 1 is 0.400 bits per heavy atom. The second-order valence-electron chi connectivity index (χ2n) is 11.9. The van der Waals surface area contributed by atoms with Crippen molar-refractivity contribution in [3.63, 3.8) is 0 Å². The molecule has 0 aliphatic heterocycles. The first-order valence-corrected chi connectivity index (χ1v) is 16.2. The summed E-state index contributed by atoms with van der Waals surface area (Å²) in [5.41, 5.74) is -8.97. The number of rotatable bonds is 5. The van der Waals surface area contributed by atoms with Crippen molar-refractivity contribution in [1.82, 2.24) is 19.1 Å². The maximum absolute atomic E-state index is 10.0. The molecular weight excluding hydrogens is 669 g/mol. The van der Waals surface area contributed by atoms with Gasteiger partial charge in [0.1, 0.15) is 0 Å². The molecule has 0 saturated heterocycles. The van der Waals surface area contributed by atoms with E-state index in [-0.39, 0.29) is 5.56 Å². The molecule has 0 bridgehead atoms. The van der Waals surface area contributed by atoms with Gasteiger partial charge >= 0.3 is 0 Å². The maximum atomic E-state index is 10.0. The van der Waals surface area contributed by atoms with Crippen LogP contribution in [0.25, 0.3) is 99.7 Å². The fraction of sp³-hybridized carbons (Fsp3) is 0.0196. The molecule has 11 rings (SSSR count). The predicted molar refractivity (Wildman–Crippen MR) is 229 cm³/mol. The third kappa shape index (κ3) is 4.99. The van der Waals surface area contributed by atoms with E-state index in [1.807, 2.05) is 0 Å². The molecule has 0 fully saturated rings. The number of hydrogen-bond acceptors (Lipinski definition) is 2. The number of fused-ring (bicyclic) bond motifs is 8. The van der Waals surface area contributed by atoms with Crippen molar-refractivity contribution in [2.45, 2.75) is 6.92 Å². The molecule has 55 heavy (non-hydrogen) atoms. The monoisotopic (exact) mass is 733 g/mol. The molecule has 0 spiro atoms. The van der Waals surface area contributed by atoms with Crippen LogP contribution in [0.5, 0.6) is 0 Å². The van der Waals surface area contributed by atoms with Gasteiger partial charge in [-0.25, -0.2) is 9.97 Å². The molecule has 11 aromatic rings. The quantitative estimate of drug-likeness (QED) is 0.177. The van der Waals surface area contributed by atoms with Gasteiger partial charge in [0.05, 0.1) is 75.8 Å². The normalized spacial score (nSPS) is 19.6. The molecule has 8 aromatic carbocycles. The van der Waals surface area contributed by atoms with E-state index in [4.69, 9.17) is 24.7 Å². The van der Waals surface area contributed by atoms with E-state index in [0.717, 1.165) is 9.13 Å². The van der Waals surface area contributed by atoms with Gasteiger partial charge in [-0.1, -0.05) is 133 Å². The minimum atomic E-state index is -1.09. The van der Waals surface area contributed by atoms with Crippen molar-refractivity contribution in [1.29, 1.82) is 0 Å². The Balaban J connectivity index is 1.34. The summed E-state index contributed by atoms with van der Waals surface area (Å²) in [5.74, 6) is -0.871. The van der Waals surface area contributed by atoms with E-state index in [0.29, 0.717) is 0 Å². The van der Waals surface area contributed by atoms with Crippen LogP contribution in [0.3, 0.4) is 0 Å². The smallest absolute Gasteiger partial charge is 0.160 e. The Morgan fingerprint density at radius 3 is 1.64 bits per heavy atom. The molecule has 0 N–H and O–H groups in total. The third-order valence-corrected chi connectivity index (χ3v) is 8.72. The fourth-order valence-electron chi connectivity index (χ4n) is 6.45. The minimum absolute atomic E-state index is 0.188. The average Bonchev–Trinajstić information content (AvgIpc) is 1.53. The highest BCUT2D eigenvalue weighted by atomic mass is 15.0. The first kappa shape index (κ1) is 13.2. The van der Waals surface area contributed by atoms with Crippen molar-refractivity contribution in [2.24, 2.45) is 0 Å². The van der Waals surface area contributed by atoms with E-state index in [1.54, 1.807) is 0 Å². The highest BCUT2D eigenvalue weighted by Crippen LogP contribution is 2.42. The molecule has 0 unspecified atom stereocenters. The van der Waals surface area contributed by atoms with Gasteiger partial charge in [-0.05, 0) is 78.0 Å². The maximum Gasteiger partial charge on any atom is 0.160 e. The van der Waals surface area contributed by atoms with Crippen LogP contribution in [0.1, 0.15) is 48.1 Å². The van der Waals surface area contributed by atoms with E-state index in [9.17, 15) is 17.8 Å². The van der Waals surface area contributed by atoms with Crippen LogP contribution in [-0.2, 0) is 0 Å². The first-order valence-electron chi connectivity index (χ1n) is 31.7. The Labute approximate surface area is 361 Å². The summed E-state index contributed by atoms with van der Waals surface area (Å²) in [6, 6.07) is -28.5. The zero-order valence-electron chi connectivity index (χ0n) is 58.8. The predicted octanol–water partition coefficient (Wildman–Crippen LogP) is 13.1. The molecule has 0 aliphatic rings. The summed E-state index contributed by atoms with van der Waals surface area (Å²) in [5, 5.41) is -2.75. The first-order chi connectivity index (χ1) is 40.1. The van der Waals surface area contributed by atoms with Gasteiger partial charge < -0.3 is 9.13 Å². The summed E-state index contributed by atoms with van der Waals surface area (Å²) < 4.78 is 281. The highest BCUT2D eigenvalue weighted by Gasteiger charge is 2.21. The topological polar surface area (TPSA) is 35.6 Å².